The Balaban J connectivity index is 1.76. The standard InChI is InChI=1S/C19H21NO2S/c1-14(2)16-5-9-19(10-6-16)23-13-17(21)12-22-18-7-3-15(11-20)4-8-18/h3-10,14,17,21H,12-13H2,1-2H3. The first-order chi connectivity index (χ1) is 11.1. The van der Waals surface area contributed by atoms with Gasteiger partial charge in [0.15, 0.2) is 0 Å². The van der Waals surface area contributed by atoms with Crippen molar-refractivity contribution in [3.8, 4) is 11.8 Å². The fraction of sp³-hybridized carbons (Fsp3) is 0.316. The van der Waals surface area contributed by atoms with Gasteiger partial charge in [0, 0.05) is 10.6 Å². The highest BCUT2D eigenvalue weighted by Crippen LogP contribution is 2.22. The van der Waals surface area contributed by atoms with Crippen molar-refractivity contribution in [1.29, 1.82) is 5.26 Å². The van der Waals surface area contributed by atoms with Crippen LogP contribution in [0.1, 0.15) is 30.9 Å². The Labute approximate surface area is 141 Å². The number of nitrogens with zero attached hydrogens (tertiary/aromatic N) is 1. The summed E-state index contributed by atoms with van der Waals surface area (Å²) >= 11 is 1.62. The van der Waals surface area contributed by atoms with E-state index in [9.17, 15) is 5.11 Å². The fourth-order valence-corrected chi connectivity index (χ4v) is 2.82. The lowest BCUT2D eigenvalue weighted by atomic mass is 10.0. The van der Waals surface area contributed by atoms with Crippen LogP contribution in [0.25, 0.3) is 0 Å². The Kier molecular flexibility index (Phi) is 6.52. The van der Waals surface area contributed by atoms with E-state index in [0.29, 0.717) is 23.0 Å². The molecule has 0 aromatic heterocycles. The molecule has 2 aromatic carbocycles. The molecule has 0 amide bonds. The molecule has 3 nitrogen and oxygen atoms in total. The van der Waals surface area contributed by atoms with Gasteiger partial charge in [-0.05, 0) is 47.9 Å². The van der Waals surface area contributed by atoms with Crippen LogP contribution in [0, 0.1) is 11.3 Å². The summed E-state index contributed by atoms with van der Waals surface area (Å²) in [7, 11) is 0. The summed E-state index contributed by atoms with van der Waals surface area (Å²) in [4.78, 5) is 1.15. The molecule has 0 heterocycles. The van der Waals surface area contributed by atoms with Crippen LogP contribution in [0.3, 0.4) is 0 Å². The van der Waals surface area contributed by atoms with Gasteiger partial charge in [0.05, 0.1) is 17.7 Å². The minimum Gasteiger partial charge on any atom is -0.491 e. The van der Waals surface area contributed by atoms with E-state index >= 15 is 0 Å². The third kappa shape index (κ3) is 5.63. The third-order valence-corrected chi connectivity index (χ3v) is 4.57. The predicted octanol–water partition coefficient (Wildman–Crippen LogP) is 4.21. The molecule has 0 fully saturated rings. The molecular formula is C19H21NO2S. The van der Waals surface area contributed by atoms with Gasteiger partial charge in [-0.1, -0.05) is 26.0 Å². The van der Waals surface area contributed by atoms with Crippen molar-refractivity contribution >= 4 is 11.8 Å². The number of hydrogen-bond acceptors (Lipinski definition) is 4. The molecule has 120 valence electrons. The highest BCUT2D eigenvalue weighted by atomic mass is 32.2. The molecule has 0 saturated carbocycles. The third-order valence-electron chi connectivity index (χ3n) is 3.41. The van der Waals surface area contributed by atoms with E-state index in [-0.39, 0.29) is 6.61 Å². The van der Waals surface area contributed by atoms with Crippen LogP contribution in [0.5, 0.6) is 5.75 Å². The van der Waals surface area contributed by atoms with E-state index in [0.717, 1.165) is 4.90 Å². The van der Waals surface area contributed by atoms with Crippen LogP contribution in [0.4, 0.5) is 0 Å². The molecule has 0 saturated heterocycles. The van der Waals surface area contributed by atoms with Crippen molar-refractivity contribution in [3.63, 3.8) is 0 Å². The van der Waals surface area contributed by atoms with Crippen molar-refractivity contribution in [2.45, 2.75) is 30.8 Å². The lowest BCUT2D eigenvalue weighted by Gasteiger charge is -2.12. The number of rotatable bonds is 7. The second-order valence-electron chi connectivity index (χ2n) is 5.64. The van der Waals surface area contributed by atoms with Gasteiger partial charge in [-0.25, -0.2) is 0 Å². The van der Waals surface area contributed by atoms with Gasteiger partial charge < -0.3 is 9.84 Å². The average Bonchev–Trinajstić information content (AvgIpc) is 2.59. The van der Waals surface area contributed by atoms with Crippen molar-refractivity contribution < 1.29 is 9.84 Å². The normalized spacial score (nSPS) is 12.0. The van der Waals surface area contributed by atoms with Crippen LogP contribution in [-0.2, 0) is 0 Å². The molecular weight excluding hydrogens is 306 g/mol. The monoisotopic (exact) mass is 327 g/mol. The molecule has 1 unspecified atom stereocenters. The van der Waals surface area contributed by atoms with Crippen LogP contribution < -0.4 is 4.74 Å². The van der Waals surface area contributed by atoms with Crippen molar-refractivity contribution in [2.75, 3.05) is 12.4 Å². The summed E-state index contributed by atoms with van der Waals surface area (Å²) in [5, 5.41) is 18.8. The summed E-state index contributed by atoms with van der Waals surface area (Å²) in [6.07, 6.45) is -0.541. The number of nitriles is 1. The van der Waals surface area contributed by atoms with Crippen LogP contribution in [0.2, 0.25) is 0 Å². The number of aliphatic hydroxyl groups is 1. The minimum absolute atomic E-state index is 0.239. The van der Waals surface area contributed by atoms with E-state index in [4.69, 9.17) is 10.00 Å². The highest BCUT2D eigenvalue weighted by Gasteiger charge is 2.07. The lowest BCUT2D eigenvalue weighted by molar-refractivity contribution is 0.126. The van der Waals surface area contributed by atoms with Gasteiger partial charge in [0.25, 0.3) is 0 Å². The first-order valence-electron chi connectivity index (χ1n) is 7.62. The number of benzene rings is 2. The van der Waals surface area contributed by atoms with Crippen molar-refractivity contribution in [2.24, 2.45) is 0 Å². The first-order valence-corrected chi connectivity index (χ1v) is 8.61. The molecule has 0 aliphatic rings. The Morgan fingerprint density at radius 1 is 1.09 bits per heavy atom. The number of aliphatic hydroxyl groups excluding tert-OH is 1. The molecule has 2 rings (SSSR count). The lowest BCUT2D eigenvalue weighted by Crippen LogP contribution is -2.20. The van der Waals surface area contributed by atoms with Gasteiger partial charge in [0.1, 0.15) is 12.4 Å². The Hall–Kier alpha value is -1.96. The Bertz CT molecular complexity index is 645. The van der Waals surface area contributed by atoms with E-state index in [1.807, 2.05) is 0 Å². The fourth-order valence-electron chi connectivity index (χ4n) is 2.01. The number of hydrogen-bond donors (Lipinski definition) is 1. The van der Waals surface area contributed by atoms with Gasteiger partial charge >= 0.3 is 0 Å². The maximum absolute atomic E-state index is 10.0. The maximum Gasteiger partial charge on any atom is 0.119 e. The van der Waals surface area contributed by atoms with Gasteiger partial charge in [-0.2, -0.15) is 5.26 Å². The van der Waals surface area contributed by atoms with E-state index in [2.05, 4.69) is 44.2 Å². The molecule has 0 spiro atoms. The van der Waals surface area contributed by atoms with E-state index in [1.165, 1.54) is 5.56 Å². The SMILES string of the molecule is CC(C)c1ccc(SCC(O)COc2ccc(C#N)cc2)cc1. The van der Waals surface area contributed by atoms with Gasteiger partial charge in [0.2, 0.25) is 0 Å². The molecule has 23 heavy (non-hydrogen) atoms. The predicted molar refractivity (Wildman–Crippen MR) is 93.9 cm³/mol. The zero-order chi connectivity index (χ0) is 16.7. The first kappa shape index (κ1) is 17.4. The summed E-state index contributed by atoms with van der Waals surface area (Å²) in [6, 6.07) is 17.4. The zero-order valence-corrected chi connectivity index (χ0v) is 14.2. The second kappa shape index (κ2) is 8.61. The molecule has 4 heteroatoms. The largest absolute Gasteiger partial charge is 0.491 e. The number of ether oxygens (including phenoxy) is 1. The second-order valence-corrected chi connectivity index (χ2v) is 6.73. The summed E-state index contributed by atoms with van der Waals surface area (Å²) < 4.78 is 5.53. The molecule has 2 aromatic rings. The summed E-state index contributed by atoms with van der Waals surface area (Å²) in [6.45, 7) is 4.59. The molecule has 1 N–H and O–H groups in total. The Morgan fingerprint density at radius 2 is 1.74 bits per heavy atom. The summed E-state index contributed by atoms with van der Waals surface area (Å²) in [5.74, 6) is 1.77. The maximum atomic E-state index is 10.0. The average molecular weight is 327 g/mol. The topological polar surface area (TPSA) is 53.2 Å². The van der Waals surface area contributed by atoms with Crippen molar-refractivity contribution in [3.05, 3.63) is 59.7 Å². The minimum atomic E-state index is -0.541. The molecule has 0 aliphatic heterocycles. The van der Waals surface area contributed by atoms with E-state index < -0.39 is 6.10 Å². The zero-order valence-electron chi connectivity index (χ0n) is 13.4. The van der Waals surface area contributed by atoms with Gasteiger partial charge in [-0.3, -0.25) is 0 Å². The molecule has 0 bridgehead atoms. The van der Waals surface area contributed by atoms with Crippen LogP contribution >= 0.6 is 11.8 Å². The Morgan fingerprint density at radius 3 is 2.30 bits per heavy atom. The number of thioether (sulfide) groups is 1. The van der Waals surface area contributed by atoms with E-state index in [1.54, 1.807) is 36.0 Å². The van der Waals surface area contributed by atoms with Crippen LogP contribution in [-0.4, -0.2) is 23.6 Å². The molecule has 0 aliphatic carbocycles. The quantitative estimate of drug-likeness (QED) is 0.774. The smallest absolute Gasteiger partial charge is 0.119 e. The molecule has 0 radical (unpaired) electrons. The summed E-state index contributed by atoms with van der Waals surface area (Å²) in [5.41, 5.74) is 1.91. The van der Waals surface area contributed by atoms with Crippen molar-refractivity contribution in [1.82, 2.24) is 0 Å². The molecule has 1 atom stereocenters. The van der Waals surface area contributed by atoms with Gasteiger partial charge in [-0.15, -0.1) is 11.8 Å². The highest BCUT2D eigenvalue weighted by molar-refractivity contribution is 7.99. The van der Waals surface area contributed by atoms with Crippen LogP contribution in [0.15, 0.2) is 53.4 Å².